The summed E-state index contributed by atoms with van der Waals surface area (Å²) in [4.78, 5) is 26.6. The van der Waals surface area contributed by atoms with Crippen LogP contribution in [-0.2, 0) is 11.3 Å². The number of pyridine rings is 1. The zero-order valence-corrected chi connectivity index (χ0v) is 13.5. The molecule has 5 heteroatoms. The Labute approximate surface area is 128 Å². The lowest BCUT2D eigenvalue weighted by atomic mass is 10.1. The first-order chi connectivity index (χ1) is 9.93. The first kappa shape index (κ1) is 15.5. The lowest BCUT2D eigenvalue weighted by Crippen LogP contribution is -2.26. The standard InChI is InChI=1S/C16H19NO3S/c1-5-20-16(19)15-10(2)8-14(18)17(12(15)4)9-13-7-6-11(3)21-13/h6-8H,5,9H2,1-4H3. The second-order valence-corrected chi connectivity index (χ2v) is 6.32. The molecule has 0 aliphatic heterocycles. The predicted molar refractivity (Wildman–Crippen MR) is 84.3 cm³/mol. The molecule has 0 fully saturated rings. The van der Waals surface area contributed by atoms with Crippen molar-refractivity contribution in [3.05, 3.63) is 55.1 Å². The molecule has 0 spiro atoms. The van der Waals surface area contributed by atoms with Crippen molar-refractivity contribution in [3.8, 4) is 0 Å². The number of hydrogen-bond acceptors (Lipinski definition) is 4. The molecule has 0 unspecified atom stereocenters. The fraction of sp³-hybridized carbons (Fsp3) is 0.375. The molecule has 0 aromatic carbocycles. The first-order valence-corrected chi connectivity index (χ1v) is 7.69. The van der Waals surface area contributed by atoms with Gasteiger partial charge in [0.05, 0.1) is 18.7 Å². The van der Waals surface area contributed by atoms with Crippen molar-refractivity contribution in [2.24, 2.45) is 0 Å². The van der Waals surface area contributed by atoms with Crippen molar-refractivity contribution in [2.75, 3.05) is 6.61 Å². The van der Waals surface area contributed by atoms with E-state index in [0.717, 1.165) is 4.88 Å². The average Bonchev–Trinajstić information content (AvgIpc) is 2.80. The Hall–Kier alpha value is -1.88. The van der Waals surface area contributed by atoms with E-state index < -0.39 is 0 Å². The molecule has 21 heavy (non-hydrogen) atoms. The summed E-state index contributed by atoms with van der Waals surface area (Å²) in [5, 5.41) is 0. The summed E-state index contributed by atoms with van der Waals surface area (Å²) in [7, 11) is 0. The third-order valence-electron chi connectivity index (χ3n) is 3.36. The summed E-state index contributed by atoms with van der Waals surface area (Å²) in [6.07, 6.45) is 0. The summed E-state index contributed by atoms with van der Waals surface area (Å²) in [6, 6.07) is 5.54. The van der Waals surface area contributed by atoms with Crippen molar-refractivity contribution < 1.29 is 9.53 Å². The van der Waals surface area contributed by atoms with Crippen LogP contribution in [0.2, 0.25) is 0 Å². The van der Waals surface area contributed by atoms with Crippen LogP contribution >= 0.6 is 11.3 Å². The van der Waals surface area contributed by atoms with Gasteiger partial charge in [0.2, 0.25) is 0 Å². The molecular formula is C16H19NO3S. The van der Waals surface area contributed by atoms with Gasteiger partial charge in [-0.3, -0.25) is 4.79 Å². The number of carbonyl (C=O) groups excluding carboxylic acids is 1. The smallest absolute Gasteiger partial charge is 0.340 e. The molecule has 2 heterocycles. The maximum absolute atomic E-state index is 12.2. The van der Waals surface area contributed by atoms with Crippen LogP contribution in [0.15, 0.2) is 23.0 Å². The van der Waals surface area contributed by atoms with E-state index in [1.807, 2.05) is 19.1 Å². The Morgan fingerprint density at radius 1 is 1.29 bits per heavy atom. The molecule has 2 aromatic heterocycles. The van der Waals surface area contributed by atoms with Gasteiger partial charge in [-0.25, -0.2) is 4.79 Å². The van der Waals surface area contributed by atoms with Crippen LogP contribution in [0.4, 0.5) is 0 Å². The van der Waals surface area contributed by atoms with Crippen LogP contribution in [0.1, 0.15) is 38.3 Å². The van der Waals surface area contributed by atoms with Crippen molar-refractivity contribution >= 4 is 17.3 Å². The van der Waals surface area contributed by atoms with Crippen LogP contribution in [0.5, 0.6) is 0 Å². The predicted octanol–water partition coefficient (Wildman–Crippen LogP) is 3.06. The largest absolute Gasteiger partial charge is 0.462 e. The van der Waals surface area contributed by atoms with Crippen molar-refractivity contribution in [3.63, 3.8) is 0 Å². The molecule has 0 amide bonds. The molecule has 0 N–H and O–H groups in total. The number of rotatable bonds is 4. The number of carbonyl (C=O) groups is 1. The van der Waals surface area contributed by atoms with Gasteiger partial charge < -0.3 is 9.30 Å². The highest BCUT2D eigenvalue weighted by molar-refractivity contribution is 7.11. The number of aromatic nitrogens is 1. The van der Waals surface area contributed by atoms with E-state index in [1.54, 1.807) is 36.7 Å². The molecule has 4 nitrogen and oxygen atoms in total. The summed E-state index contributed by atoms with van der Waals surface area (Å²) in [5.74, 6) is -0.372. The molecule has 112 valence electrons. The van der Waals surface area contributed by atoms with Crippen LogP contribution in [0, 0.1) is 20.8 Å². The highest BCUT2D eigenvalue weighted by atomic mass is 32.1. The fourth-order valence-corrected chi connectivity index (χ4v) is 3.23. The zero-order valence-electron chi connectivity index (χ0n) is 12.7. The topological polar surface area (TPSA) is 48.3 Å². The van der Waals surface area contributed by atoms with Gasteiger partial charge in [0.15, 0.2) is 0 Å². The Morgan fingerprint density at radius 3 is 2.57 bits per heavy atom. The Kier molecular flexibility index (Phi) is 4.63. The van der Waals surface area contributed by atoms with E-state index in [9.17, 15) is 9.59 Å². The molecule has 0 atom stereocenters. The quantitative estimate of drug-likeness (QED) is 0.816. The Bertz CT molecular complexity index is 728. The number of nitrogens with zero attached hydrogens (tertiary/aromatic N) is 1. The van der Waals surface area contributed by atoms with E-state index in [1.165, 1.54) is 10.9 Å². The second kappa shape index (κ2) is 6.26. The maximum Gasteiger partial charge on any atom is 0.340 e. The zero-order chi connectivity index (χ0) is 15.6. The summed E-state index contributed by atoms with van der Waals surface area (Å²) in [5.41, 5.74) is 1.72. The molecule has 2 aromatic rings. The molecule has 0 saturated carbocycles. The minimum atomic E-state index is -0.372. The monoisotopic (exact) mass is 305 g/mol. The van der Waals surface area contributed by atoms with Gasteiger partial charge in [0, 0.05) is 21.5 Å². The average molecular weight is 305 g/mol. The molecule has 0 aliphatic carbocycles. The fourth-order valence-electron chi connectivity index (χ4n) is 2.36. The highest BCUT2D eigenvalue weighted by Crippen LogP contribution is 2.18. The van der Waals surface area contributed by atoms with Crippen molar-refractivity contribution in [2.45, 2.75) is 34.2 Å². The SMILES string of the molecule is CCOC(=O)c1c(C)cc(=O)n(Cc2ccc(C)s2)c1C. The van der Waals surface area contributed by atoms with Crippen LogP contribution in [0.3, 0.4) is 0 Å². The molecule has 0 radical (unpaired) electrons. The molecule has 0 aliphatic rings. The first-order valence-electron chi connectivity index (χ1n) is 6.87. The number of hydrogen-bond donors (Lipinski definition) is 0. The normalized spacial score (nSPS) is 10.7. The molecule has 0 saturated heterocycles. The summed E-state index contributed by atoms with van der Waals surface area (Å²) >= 11 is 1.65. The van der Waals surface area contributed by atoms with Gasteiger partial charge >= 0.3 is 5.97 Å². The van der Waals surface area contributed by atoms with Gasteiger partial charge in [0.1, 0.15) is 0 Å². The Balaban J connectivity index is 2.48. The van der Waals surface area contributed by atoms with Crippen LogP contribution in [0.25, 0.3) is 0 Å². The molecule has 2 rings (SSSR count). The van der Waals surface area contributed by atoms with E-state index >= 15 is 0 Å². The Morgan fingerprint density at radius 2 is 2.00 bits per heavy atom. The number of aryl methyl sites for hydroxylation is 2. The highest BCUT2D eigenvalue weighted by Gasteiger charge is 2.18. The third-order valence-corrected chi connectivity index (χ3v) is 4.34. The second-order valence-electron chi connectivity index (χ2n) is 4.94. The van der Waals surface area contributed by atoms with Gasteiger partial charge in [0.25, 0.3) is 5.56 Å². The number of thiophene rings is 1. The van der Waals surface area contributed by atoms with Gasteiger partial charge in [-0.1, -0.05) is 0 Å². The van der Waals surface area contributed by atoms with Crippen LogP contribution in [-0.4, -0.2) is 17.1 Å². The van der Waals surface area contributed by atoms with Crippen molar-refractivity contribution in [1.29, 1.82) is 0 Å². The molecular weight excluding hydrogens is 286 g/mol. The maximum atomic E-state index is 12.2. The van der Waals surface area contributed by atoms with E-state index in [-0.39, 0.29) is 11.5 Å². The lowest BCUT2D eigenvalue weighted by Gasteiger charge is -2.15. The van der Waals surface area contributed by atoms with Gasteiger partial charge in [-0.2, -0.15) is 0 Å². The van der Waals surface area contributed by atoms with E-state index in [4.69, 9.17) is 4.74 Å². The van der Waals surface area contributed by atoms with Crippen LogP contribution < -0.4 is 5.56 Å². The summed E-state index contributed by atoms with van der Waals surface area (Å²) < 4.78 is 6.72. The lowest BCUT2D eigenvalue weighted by molar-refractivity contribution is 0.0523. The van der Waals surface area contributed by atoms with Crippen molar-refractivity contribution in [1.82, 2.24) is 4.57 Å². The minimum Gasteiger partial charge on any atom is -0.462 e. The van der Waals surface area contributed by atoms with E-state index in [2.05, 4.69) is 0 Å². The van der Waals surface area contributed by atoms with Gasteiger partial charge in [-0.05, 0) is 45.4 Å². The minimum absolute atomic E-state index is 0.0934. The molecule has 0 bridgehead atoms. The third kappa shape index (κ3) is 3.24. The summed E-state index contributed by atoms with van der Waals surface area (Å²) in [6.45, 7) is 8.16. The van der Waals surface area contributed by atoms with Gasteiger partial charge in [-0.15, -0.1) is 11.3 Å². The number of ether oxygens (including phenoxy) is 1. The van der Waals surface area contributed by atoms with E-state index in [0.29, 0.717) is 30.0 Å². The number of esters is 1.